The van der Waals surface area contributed by atoms with Crippen LogP contribution in [0.1, 0.15) is 31.4 Å². The Morgan fingerprint density at radius 1 is 1.18 bits per heavy atom. The molecule has 0 saturated heterocycles. The van der Waals surface area contributed by atoms with Gasteiger partial charge in [0.25, 0.3) is 0 Å². The molecule has 0 spiro atoms. The monoisotopic (exact) mass is 378 g/mol. The van der Waals surface area contributed by atoms with Crippen LogP contribution in [0.5, 0.6) is 5.75 Å². The smallest absolute Gasteiger partial charge is 0.326 e. The Labute approximate surface area is 143 Å². The van der Waals surface area contributed by atoms with Gasteiger partial charge in [-0.25, -0.2) is 0 Å². The molecule has 1 aliphatic rings. The van der Waals surface area contributed by atoms with Crippen LogP contribution in [0.15, 0.2) is 48.5 Å². The van der Waals surface area contributed by atoms with Gasteiger partial charge in [0.15, 0.2) is 0 Å². The van der Waals surface area contributed by atoms with Gasteiger partial charge in [-0.3, -0.25) is 4.79 Å². The van der Waals surface area contributed by atoms with Gasteiger partial charge < -0.3 is 4.74 Å². The van der Waals surface area contributed by atoms with E-state index in [1.54, 1.807) is 12.1 Å². The van der Waals surface area contributed by atoms with E-state index in [1.165, 1.54) is 0 Å². The third-order valence-electron chi connectivity index (χ3n) is 3.90. The summed E-state index contributed by atoms with van der Waals surface area (Å²) in [6.07, 6.45) is 0.580. The molecule has 0 amide bonds. The number of benzene rings is 2. The zero-order valence-corrected chi connectivity index (χ0v) is 14.7. The lowest BCUT2D eigenvalue weighted by Crippen LogP contribution is -2.39. The summed E-state index contributed by atoms with van der Waals surface area (Å²) in [4.78, 5) is 12.9. The molecule has 0 radical (unpaired) electrons. The molecule has 2 aromatic rings. The predicted molar refractivity (Wildman–Crippen MR) is 91.9 cm³/mol. The molecule has 4 heteroatoms. The van der Waals surface area contributed by atoms with Gasteiger partial charge in [-0.05, 0) is 30.2 Å². The molecule has 114 valence electrons. The van der Waals surface area contributed by atoms with E-state index >= 15 is 0 Å². The third-order valence-corrected chi connectivity index (χ3v) is 4.42. The van der Waals surface area contributed by atoms with Crippen molar-refractivity contribution in [3.63, 3.8) is 0 Å². The van der Waals surface area contributed by atoms with Gasteiger partial charge in [0.2, 0.25) is 0 Å². The summed E-state index contributed by atoms with van der Waals surface area (Å²) >= 11 is 9.86. The van der Waals surface area contributed by atoms with Crippen molar-refractivity contribution in [2.24, 2.45) is 0 Å². The lowest BCUT2D eigenvalue weighted by atomic mass is 9.70. The summed E-state index contributed by atoms with van der Waals surface area (Å²) in [6.45, 7) is 4.10. The highest BCUT2D eigenvalue weighted by atomic mass is 79.9. The Morgan fingerprint density at radius 3 is 2.50 bits per heavy atom. The zero-order valence-electron chi connectivity index (χ0n) is 12.4. The van der Waals surface area contributed by atoms with Gasteiger partial charge in [-0.15, -0.1) is 0 Å². The van der Waals surface area contributed by atoms with Crippen molar-refractivity contribution < 1.29 is 9.53 Å². The van der Waals surface area contributed by atoms with E-state index in [4.69, 9.17) is 16.3 Å². The molecule has 2 nitrogen and oxygen atoms in total. The van der Waals surface area contributed by atoms with Crippen LogP contribution < -0.4 is 4.74 Å². The molecule has 0 aromatic heterocycles. The first-order valence-electron chi connectivity index (χ1n) is 7.10. The second-order valence-corrected chi connectivity index (χ2v) is 8.78. The van der Waals surface area contributed by atoms with Gasteiger partial charge >= 0.3 is 5.97 Å². The second kappa shape index (κ2) is 5.39. The molecule has 0 N–H and O–H groups in total. The second-order valence-electron chi connectivity index (χ2n) is 6.20. The average Bonchev–Trinajstić information content (AvgIpc) is 2.72. The van der Waals surface area contributed by atoms with Gasteiger partial charge in [0.05, 0.1) is 0 Å². The Hall–Kier alpha value is -1.32. The highest BCUT2D eigenvalue weighted by Gasteiger charge is 2.52. The van der Waals surface area contributed by atoms with Crippen LogP contribution in [0.4, 0.5) is 0 Å². The maximum absolute atomic E-state index is 12.9. The first-order chi connectivity index (χ1) is 10.3. The minimum absolute atomic E-state index is 0.230. The van der Waals surface area contributed by atoms with E-state index in [2.05, 4.69) is 15.9 Å². The molecule has 1 unspecified atom stereocenters. The third kappa shape index (κ3) is 2.57. The molecule has 0 saturated carbocycles. The first-order valence-corrected chi connectivity index (χ1v) is 8.27. The minimum Gasteiger partial charge on any atom is -0.425 e. The summed E-state index contributed by atoms with van der Waals surface area (Å²) in [6, 6.07) is 15.1. The zero-order chi connectivity index (χ0) is 16.0. The number of hydrogen-bond acceptors (Lipinski definition) is 2. The van der Waals surface area contributed by atoms with Gasteiger partial charge in [-0.1, -0.05) is 71.7 Å². The number of alkyl halides is 1. The number of fused-ring (bicyclic) bond motifs is 1. The van der Waals surface area contributed by atoms with Crippen LogP contribution in [0.2, 0.25) is 5.02 Å². The maximum atomic E-state index is 12.9. The molecule has 1 aliphatic heterocycles. The topological polar surface area (TPSA) is 26.3 Å². The number of carbonyl (C=O) groups excluding carboxylic acids is 1. The van der Waals surface area contributed by atoms with Crippen LogP contribution in [-0.2, 0) is 10.2 Å². The summed E-state index contributed by atoms with van der Waals surface area (Å²) < 4.78 is 5.33. The molecule has 22 heavy (non-hydrogen) atoms. The summed E-state index contributed by atoms with van der Waals surface area (Å²) in [5.41, 5.74) is 0.923. The van der Waals surface area contributed by atoms with E-state index in [0.717, 1.165) is 11.1 Å². The maximum Gasteiger partial charge on any atom is 0.326 e. The Morgan fingerprint density at radius 2 is 1.86 bits per heavy atom. The van der Waals surface area contributed by atoms with E-state index in [1.807, 2.05) is 50.2 Å². The lowest BCUT2D eigenvalue weighted by molar-refractivity contribution is -0.137. The van der Waals surface area contributed by atoms with Crippen molar-refractivity contribution in [2.45, 2.75) is 30.0 Å². The molecule has 2 aromatic carbocycles. The van der Waals surface area contributed by atoms with Crippen LogP contribution in [-0.4, -0.2) is 10.3 Å². The van der Waals surface area contributed by atoms with Crippen molar-refractivity contribution in [1.82, 2.24) is 0 Å². The average molecular weight is 380 g/mol. The molecular formula is C18H16BrClO2. The summed E-state index contributed by atoms with van der Waals surface area (Å²) in [5, 5.41) is 0.602. The van der Waals surface area contributed by atoms with Crippen molar-refractivity contribution in [2.75, 3.05) is 0 Å². The number of carbonyl (C=O) groups is 1. The summed E-state index contributed by atoms with van der Waals surface area (Å²) in [7, 11) is 0. The fourth-order valence-electron chi connectivity index (χ4n) is 3.12. The van der Waals surface area contributed by atoms with Crippen molar-refractivity contribution in [1.29, 1.82) is 0 Å². The number of ether oxygens (including phenoxy) is 1. The highest BCUT2D eigenvalue weighted by Crippen LogP contribution is 2.50. The van der Waals surface area contributed by atoms with Gasteiger partial charge in [0, 0.05) is 14.9 Å². The van der Waals surface area contributed by atoms with Gasteiger partial charge in [-0.2, -0.15) is 0 Å². The number of hydrogen-bond donors (Lipinski definition) is 0. The van der Waals surface area contributed by atoms with Crippen LogP contribution >= 0.6 is 27.5 Å². The number of rotatable bonds is 3. The Kier molecular flexibility index (Phi) is 3.82. The van der Waals surface area contributed by atoms with Crippen molar-refractivity contribution >= 4 is 33.5 Å². The predicted octanol–water partition coefficient (Wildman–Crippen LogP) is 5.11. The highest BCUT2D eigenvalue weighted by molar-refractivity contribution is 9.10. The molecule has 3 rings (SSSR count). The lowest BCUT2D eigenvalue weighted by Gasteiger charge is -2.32. The van der Waals surface area contributed by atoms with Crippen molar-refractivity contribution in [3.8, 4) is 5.75 Å². The largest absolute Gasteiger partial charge is 0.425 e. The SMILES string of the molecule is CC(C)(Br)CC1(c2ccccc2)C(=O)Oc2ccc(Cl)cc21. The fourth-order valence-corrected chi connectivity index (χ4v) is 3.71. The van der Waals surface area contributed by atoms with Crippen LogP contribution in [0.3, 0.4) is 0 Å². The molecular weight excluding hydrogens is 364 g/mol. The standard InChI is InChI=1S/C18H16BrClO2/c1-17(2,19)11-18(12-6-4-3-5-7-12)14-10-13(20)8-9-15(14)22-16(18)21/h3-10H,11H2,1-2H3. The Bertz CT molecular complexity index is 722. The normalized spacial score (nSPS) is 20.6. The Balaban J connectivity index is 2.28. The van der Waals surface area contributed by atoms with Crippen LogP contribution in [0, 0.1) is 0 Å². The minimum atomic E-state index is -0.839. The molecule has 1 atom stereocenters. The van der Waals surface area contributed by atoms with E-state index in [0.29, 0.717) is 17.2 Å². The molecule has 0 bridgehead atoms. The quantitative estimate of drug-likeness (QED) is 0.421. The van der Waals surface area contributed by atoms with E-state index in [-0.39, 0.29) is 10.3 Å². The van der Waals surface area contributed by atoms with Gasteiger partial charge in [0.1, 0.15) is 11.2 Å². The molecule has 1 heterocycles. The van der Waals surface area contributed by atoms with Crippen molar-refractivity contribution in [3.05, 3.63) is 64.7 Å². The number of halogens is 2. The summed E-state index contributed by atoms with van der Waals surface area (Å²) in [5.74, 6) is 0.346. The molecule has 0 aliphatic carbocycles. The van der Waals surface area contributed by atoms with E-state index < -0.39 is 5.41 Å². The van der Waals surface area contributed by atoms with Crippen LogP contribution in [0.25, 0.3) is 0 Å². The molecule has 0 fully saturated rings. The first kappa shape index (κ1) is 15.6. The van der Waals surface area contributed by atoms with E-state index in [9.17, 15) is 4.79 Å². The number of esters is 1. The fraction of sp³-hybridized carbons (Fsp3) is 0.278.